The van der Waals surface area contributed by atoms with Crippen LogP contribution >= 0.6 is 0 Å². The Kier molecular flexibility index (Phi) is 5.67. The molecule has 0 bridgehead atoms. The number of anilines is 1. The SMILES string of the molecule is O=C(CO)c1cnc(CC2(c3ccccc3)CCN(c3ccccc3)CC2)nc1. The maximum absolute atomic E-state index is 11.6. The van der Waals surface area contributed by atoms with Gasteiger partial charge in [-0.15, -0.1) is 0 Å². The molecule has 5 heteroatoms. The molecular formula is C24H25N3O2. The first-order chi connectivity index (χ1) is 14.2. The van der Waals surface area contributed by atoms with Crippen molar-refractivity contribution < 1.29 is 9.90 Å². The van der Waals surface area contributed by atoms with Gasteiger partial charge in [-0.05, 0) is 30.5 Å². The first-order valence-electron chi connectivity index (χ1n) is 10.0. The highest BCUT2D eigenvalue weighted by Crippen LogP contribution is 2.39. The summed E-state index contributed by atoms with van der Waals surface area (Å²) in [5, 5.41) is 9.02. The Bertz CT molecular complexity index is 935. The van der Waals surface area contributed by atoms with Gasteiger partial charge in [0.15, 0.2) is 5.78 Å². The second kappa shape index (κ2) is 8.53. The smallest absolute Gasteiger partial charge is 0.191 e. The van der Waals surface area contributed by atoms with Crippen molar-refractivity contribution in [1.29, 1.82) is 0 Å². The molecule has 1 aliphatic rings. The number of aromatic nitrogens is 2. The molecule has 1 aliphatic heterocycles. The normalized spacial score (nSPS) is 15.8. The van der Waals surface area contributed by atoms with Gasteiger partial charge >= 0.3 is 0 Å². The van der Waals surface area contributed by atoms with Crippen molar-refractivity contribution in [2.75, 3.05) is 24.6 Å². The summed E-state index contributed by atoms with van der Waals surface area (Å²) >= 11 is 0. The number of carbonyl (C=O) groups excluding carboxylic acids is 1. The number of para-hydroxylation sites is 1. The quantitative estimate of drug-likeness (QED) is 0.657. The molecule has 1 fully saturated rings. The Labute approximate surface area is 171 Å². The maximum Gasteiger partial charge on any atom is 0.191 e. The van der Waals surface area contributed by atoms with Crippen molar-refractivity contribution >= 4 is 11.5 Å². The number of carbonyl (C=O) groups is 1. The van der Waals surface area contributed by atoms with Crippen LogP contribution in [0.5, 0.6) is 0 Å². The molecule has 1 saturated heterocycles. The van der Waals surface area contributed by atoms with E-state index in [1.807, 2.05) is 12.1 Å². The molecule has 2 heterocycles. The van der Waals surface area contributed by atoms with E-state index in [9.17, 15) is 4.79 Å². The number of ketones is 1. The lowest BCUT2D eigenvalue weighted by Crippen LogP contribution is -2.44. The second-order valence-corrected chi connectivity index (χ2v) is 7.61. The molecule has 0 unspecified atom stereocenters. The first-order valence-corrected chi connectivity index (χ1v) is 10.0. The molecule has 0 spiro atoms. The largest absolute Gasteiger partial charge is 0.388 e. The number of piperidine rings is 1. The zero-order valence-corrected chi connectivity index (χ0v) is 16.4. The summed E-state index contributed by atoms with van der Waals surface area (Å²) in [4.78, 5) is 22.9. The molecule has 0 aliphatic carbocycles. The molecular weight excluding hydrogens is 362 g/mol. The van der Waals surface area contributed by atoms with E-state index in [2.05, 4.69) is 63.4 Å². The van der Waals surface area contributed by atoms with Crippen molar-refractivity contribution in [1.82, 2.24) is 9.97 Å². The van der Waals surface area contributed by atoms with Crippen LogP contribution < -0.4 is 4.90 Å². The monoisotopic (exact) mass is 387 g/mol. The van der Waals surface area contributed by atoms with Gasteiger partial charge in [-0.3, -0.25) is 4.79 Å². The second-order valence-electron chi connectivity index (χ2n) is 7.61. The van der Waals surface area contributed by atoms with Gasteiger partial charge < -0.3 is 10.0 Å². The summed E-state index contributed by atoms with van der Waals surface area (Å²) in [6, 6.07) is 21.1. The molecule has 3 aromatic rings. The Morgan fingerprint density at radius 3 is 2.10 bits per heavy atom. The molecule has 0 saturated carbocycles. The van der Waals surface area contributed by atoms with Crippen LogP contribution in [0.25, 0.3) is 0 Å². The van der Waals surface area contributed by atoms with Crippen LogP contribution in [0.2, 0.25) is 0 Å². The van der Waals surface area contributed by atoms with Crippen LogP contribution in [0.15, 0.2) is 73.1 Å². The molecule has 2 aromatic carbocycles. The van der Waals surface area contributed by atoms with Gasteiger partial charge in [0, 0.05) is 43.0 Å². The Balaban J connectivity index is 1.57. The van der Waals surface area contributed by atoms with Crippen molar-refractivity contribution in [3.8, 4) is 0 Å². The summed E-state index contributed by atoms with van der Waals surface area (Å²) in [5.74, 6) is 0.377. The molecule has 1 N–H and O–H groups in total. The molecule has 148 valence electrons. The Morgan fingerprint density at radius 2 is 1.52 bits per heavy atom. The lowest BCUT2D eigenvalue weighted by molar-refractivity contribution is 0.0903. The van der Waals surface area contributed by atoms with E-state index in [1.165, 1.54) is 23.6 Å². The maximum atomic E-state index is 11.6. The zero-order valence-electron chi connectivity index (χ0n) is 16.4. The van der Waals surface area contributed by atoms with Crippen molar-refractivity contribution in [2.24, 2.45) is 0 Å². The molecule has 1 aromatic heterocycles. The summed E-state index contributed by atoms with van der Waals surface area (Å²) in [7, 11) is 0. The number of aliphatic hydroxyl groups excluding tert-OH is 1. The van der Waals surface area contributed by atoms with E-state index in [1.54, 1.807) is 0 Å². The van der Waals surface area contributed by atoms with Crippen molar-refractivity contribution in [3.05, 3.63) is 90.0 Å². The van der Waals surface area contributed by atoms with Crippen LogP contribution in [0.3, 0.4) is 0 Å². The lowest BCUT2D eigenvalue weighted by atomic mass is 9.70. The lowest BCUT2D eigenvalue weighted by Gasteiger charge is -2.43. The summed E-state index contributed by atoms with van der Waals surface area (Å²) < 4.78 is 0. The van der Waals surface area contributed by atoms with Gasteiger partial charge in [-0.25, -0.2) is 9.97 Å². The van der Waals surface area contributed by atoms with E-state index in [-0.39, 0.29) is 11.2 Å². The van der Waals surface area contributed by atoms with E-state index in [0.717, 1.165) is 38.2 Å². The van der Waals surface area contributed by atoms with Crippen molar-refractivity contribution in [2.45, 2.75) is 24.7 Å². The summed E-state index contributed by atoms with van der Waals surface area (Å²) in [5.41, 5.74) is 2.89. The highest BCUT2D eigenvalue weighted by molar-refractivity contribution is 5.96. The van der Waals surface area contributed by atoms with Gasteiger partial charge in [-0.2, -0.15) is 0 Å². The minimum Gasteiger partial charge on any atom is -0.388 e. The van der Waals surface area contributed by atoms with E-state index >= 15 is 0 Å². The Morgan fingerprint density at radius 1 is 0.931 bits per heavy atom. The third-order valence-electron chi connectivity index (χ3n) is 5.90. The summed E-state index contributed by atoms with van der Waals surface area (Å²) in [6.07, 6.45) is 5.80. The number of hydrogen-bond acceptors (Lipinski definition) is 5. The van der Waals surface area contributed by atoms with E-state index in [0.29, 0.717) is 5.56 Å². The molecule has 29 heavy (non-hydrogen) atoms. The third-order valence-corrected chi connectivity index (χ3v) is 5.90. The van der Waals surface area contributed by atoms with Crippen LogP contribution in [0, 0.1) is 0 Å². The first kappa shape index (κ1) is 19.3. The van der Waals surface area contributed by atoms with Crippen LogP contribution in [0.1, 0.15) is 34.6 Å². The van der Waals surface area contributed by atoms with Gasteiger partial charge in [0.2, 0.25) is 0 Å². The molecule has 0 amide bonds. The van der Waals surface area contributed by atoms with Gasteiger partial charge in [0.05, 0.1) is 5.56 Å². The van der Waals surface area contributed by atoms with Crippen LogP contribution in [0.4, 0.5) is 5.69 Å². The number of benzene rings is 2. The number of hydrogen-bond donors (Lipinski definition) is 1. The fraction of sp³-hybridized carbons (Fsp3) is 0.292. The highest BCUT2D eigenvalue weighted by atomic mass is 16.3. The van der Waals surface area contributed by atoms with E-state index < -0.39 is 6.61 Å². The fourth-order valence-electron chi connectivity index (χ4n) is 4.17. The van der Waals surface area contributed by atoms with Crippen molar-refractivity contribution in [3.63, 3.8) is 0 Å². The van der Waals surface area contributed by atoms with E-state index in [4.69, 9.17) is 5.11 Å². The van der Waals surface area contributed by atoms with Gasteiger partial charge in [0.1, 0.15) is 12.4 Å². The van der Waals surface area contributed by atoms with Gasteiger partial charge in [0.25, 0.3) is 0 Å². The third kappa shape index (κ3) is 4.20. The number of aliphatic hydroxyl groups is 1. The van der Waals surface area contributed by atoms with Crippen LogP contribution in [-0.4, -0.2) is 40.6 Å². The van der Waals surface area contributed by atoms with Gasteiger partial charge in [-0.1, -0.05) is 48.5 Å². The minimum absolute atomic E-state index is 0.0327. The highest BCUT2D eigenvalue weighted by Gasteiger charge is 2.37. The average molecular weight is 387 g/mol. The number of Topliss-reactive ketones (excluding diaryl/α,β-unsaturated/α-hetero) is 1. The Hall–Kier alpha value is -3.05. The molecule has 4 rings (SSSR count). The predicted molar refractivity (Wildman–Crippen MR) is 113 cm³/mol. The molecule has 0 radical (unpaired) electrons. The van der Waals surface area contributed by atoms with Crippen LogP contribution in [-0.2, 0) is 11.8 Å². The summed E-state index contributed by atoms with van der Waals surface area (Å²) in [6.45, 7) is 1.42. The standard InChI is InChI=1S/C24H25N3O2/c28-18-22(29)19-16-25-23(26-17-19)15-24(20-7-3-1-4-8-20)11-13-27(14-12-24)21-9-5-2-6-10-21/h1-10,16-17,28H,11-15,18H2. The minimum atomic E-state index is -0.522. The zero-order chi connectivity index (χ0) is 20.1. The average Bonchev–Trinajstić information content (AvgIpc) is 2.81. The fourth-order valence-corrected chi connectivity index (χ4v) is 4.17. The topological polar surface area (TPSA) is 66.3 Å². The number of rotatable bonds is 6. The molecule has 0 atom stereocenters. The predicted octanol–water partition coefficient (Wildman–Crippen LogP) is 3.43. The molecule has 5 nitrogen and oxygen atoms in total. The number of nitrogens with zero attached hydrogens (tertiary/aromatic N) is 3.